The first-order valence-electron chi connectivity index (χ1n) is 11.4. The molecule has 1 saturated heterocycles. The summed E-state index contributed by atoms with van der Waals surface area (Å²) in [4.78, 5) is 20.0. The monoisotopic (exact) mass is 475 g/mol. The van der Waals surface area contributed by atoms with Gasteiger partial charge >= 0.3 is 6.03 Å². The molecular weight excluding hydrogens is 446 g/mol. The lowest BCUT2D eigenvalue weighted by Gasteiger charge is -2.34. The number of hydrogen-bond acceptors (Lipinski definition) is 6. The highest BCUT2D eigenvalue weighted by molar-refractivity contribution is 6.18. The summed E-state index contributed by atoms with van der Waals surface area (Å²) in [6.07, 6.45) is 1.86. The van der Waals surface area contributed by atoms with Crippen LogP contribution in [0.25, 0.3) is 0 Å². The van der Waals surface area contributed by atoms with Crippen LogP contribution in [0.4, 0.5) is 16.3 Å². The van der Waals surface area contributed by atoms with Gasteiger partial charge < -0.3 is 14.2 Å². The zero-order valence-corrected chi connectivity index (χ0v) is 20.7. The van der Waals surface area contributed by atoms with Crippen molar-refractivity contribution in [2.75, 3.05) is 26.2 Å². The minimum absolute atomic E-state index is 0.243. The van der Waals surface area contributed by atoms with Gasteiger partial charge in [0.05, 0.1) is 33.1 Å². The molecule has 2 unspecified atom stereocenters. The molecule has 1 N–H and O–H groups in total. The van der Waals surface area contributed by atoms with Gasteiger partial charge in [-0.25, -0.2) is 14.5 Å². The summed E-state index contributed by atoms with van der Waals surface area (Å²) in [6, 6.07) is 12.7. The van der Waals surface area contributed by atoms with E-state index in [9.17, 15) is 4.79 Å². The summed E-state index contributed by atoms with van der Waals surface area (Å²) in [5.41, 5.74) is 2.32. The minimum atomic E-state index is -0.405. The number of ether oxygens (including phenoxy) is 3. The van der Waals surface area contributed by atoms with E-state index in [1.807, 2.05) is 53.3 Å². The Hall–Kier alpha value is -4.01. The Kier molecular flexibility index (Phi) is 5.42. The average Bonchev–Trinajstić information content (AvgIpc) is 3.42. The molecule has 9 nitrogen and oxygen atoms in total. The van der Waals surface area contributed by atoms with Crippen LogP contribution >= 0.6 is 0 Å². The zero-order chi connectivity index (χ0) is 24.9. The quantitative estimate of drug-likeness (QED) is 0.589. The lowest BCUT2D eigenvalue weighted by molar-refractivity contribution is 0.252. The number of nitrogens with zero attached hydrogens (tertiary/aromatic N) is 4. The van der Waals surface area contributed by atoms with Gasteiger partial charge in [-0.15, -0.1) is 0 Å². The molecule has 2 amide bonds. The van der Waals surface area contributed by atoms with E-state index in [1.54, 1.807) is 26.2 Å². The first-order chi connectivity index (χ1) is 16.8. The normalized spacial score (nSPS) is 19.0. The van der Waals surface area contributed by atoms with Gasteiger partial charge in [-0.3, -0.25) is 10.2 Å². The molecule has 5 rings (SSSR count). The van der Waals surface area contributed by atoms with Crippen molar-refractivity contribution in [2.24, 2.45) is 4.99 Å². The summed E-state index contributed by atoms with van der Waals surface area (Å²) in [6.45, 7) is 6.23. The van der Waals surface area contributed by atoms with Gasteiger partial charge in [0.2, 0.25) is 0 Å². The fourth-order valence-electron chi connectivity index (χ4n) is 4.80. The number of nitrogens with one attached hydrogen (secondary N) is 1. The molecule has 0 bridgehead atoms. The van der Waals surface area contributed by atoms with Crippen molar-refractivity contribution < 1.29 is 19.0 Å². The lowest BCUT2D eigenvalue weighted by atomic mass is 9.83. The number of rotatable bonds is 5. The molecule has 2 aliphatic rings. The van der Waals surface area contributed by atoms with Crippen LogP contribution in [-0.4, -0.2) is 49.0 Å². The number of fused-ring (bicyclic) bond motifs is 2. The molecule has 2 aromatic carbocycles. The van der Waals surface area contributed by atoms with E-state index in [4.69, 9.17) is 24.3 Å². The molecule has 2 aliphatic heterocycles. The van der Waals surface area contributed by atoms with Crippen molar-refractivity contribution in [3.63, 3.8) is 0 Å². The molecule has 0 radical (unpaired) electrons. The van der Waals surface area contributed by atoms with Crippen molar-refractivity contribution in [3.05, 3.63) is 59.8 Å². The smallest absolute Gasteiger partial charge is 0.328 e. The highest BCUT2D eigenvalue weighted by Crippen LogP contribution is 2.46. The van der Waals surface area contributed by atoms with Gasteiger partial charge in [-0.05, 0) is 50.6 Å². The predicted octanol–water partition coefficient (Wildman–Crippen LogP) is 4.44. The Morgan fingerprint density at radius 3 is 2.43 bits per heavy atom. The molecule has 2 atom stereocenters. The third-order valence-electron chi connectivity index (χ3n) is 6.39. The number of carbonyl (C=O) groups is 1. The van der Waals surface area contributed by atoms with Gasteiger partial charge in [0, 0.05) is 23.2 Å². The molecule has 0 aliphatic carbocycles. The van der Waals surface area contributed by atoms with Crippen molar-refractivity contribution in [3.8, 4) is 17.2 Å². The number of aromatic nitrogens is 2. The average molecular weight is 476 g/mol. The van der Waals surface area contributed by atoms with Gasteiger partial charge in [0.25, 0.3) is 0 Å². The Bertz CT molecular complexity index is 1320. The van der Waals surface area contributed by atoms with E-state index >= 15 is 0 Å². The van der Waals surface area contributed by atoms with Crippen molar-refractivity contribution in [2.45, 2.75) is 38.3 Å². The number of benzene rings is 2. The van der Waals surface area contributed by atoms with Crippen molar-refractivity contribution in [1.29, 1.82) is 0 Å². The van der Waals surface area contributed by atoms with E-state index < -0.39 is 6.04 Å². The Morgan fingerprint density at radius 1 is 0.971 bits per heavy atom. The first kappa shape index (κ1) is 22.8. The van der Waals surface area contributed by atoms with Crippen LogP contribution in [0, 0.1) is 0 Å². The van der Waals surface area contributed by atoms with Gasteiger partial charge in [-0.1, -0.05) is 12.1 Å². The standard InChI is InChI=1S/C26H29N5O4/c1-26(2,3)31-24-18(14-27-31)21(15-10-11-19(34-5)20(12-15)35-6)22-23(28-24)29-25(32)30(22)16-8-7-9-17(13-16)33-4/h7-14,21-22H,1-6H3,(H,28,29,32). The number of hydrogen-bond donors (Lipinski definition) is 1. The van der Waals surface area contributed by atoms with E-state index in [-0.39, 0.29) is 17.5 Å². The number of aliphatic imine (C=N–C) groups is 1. The van der Waals surface area contributed by atoms with Crippen LogP contribution in [0.15, 0.2) is 53.7 Å². The Morgan fingerprint density at radius 2 is 1.74 bits per heavy atom. The number of carbonyl (C=O) groups excluding carboxylic acids is 1. The summed E-state index contributed by atoms with van der Waals surface area (Å²) < 4.78 is 18.4. The fourth-order valence-corrected chi connectivity index (χ4v) is 4.80. The predicted molar refractivity (Wildman–Crippen MR) is 133 cm³/mol. The second-order valence-corrected chi connectivity index (χ2v) is 9.54. The molecule has 3 heterocycles. The second-order valence-electron chi connectivity index (χ2n) is 9.54. The minimum Gasteiger partial charge on any atom is -0.497 e. The van der Waals surface area contributed by atoms with E-state index in [1.165, 1.54) is 0 Å². The second kappa shape index (κ2) is 8.33. The molecule has 3 aromatic rings. The summed E-state index contributed by atoms with van der Waals surface area (Å²) in [7, 11) is 4.83. The zero-order valence-electron chi connectivity index (χ0n) is 20.7. The van der Waals surface area contributed by atoms with Crippen LogP contribution in [0.2, 0.25) is 0 Å². The summed E-state index contributed by atoms with van der Waals surface area (Å²) in [5, 5.41) is 7.70. The summed E-state index contributed by atoms with van der Waals surface area (Å²) >= 11 is 0. The molecule has 9 heteroatoms. The fraction of sp³-hybridized carbons (Fsp3) is 0.346. The van der Waals surface area contributed by atoms with Crippen LogP contribution in [0.5, 0.6) is 17.2 Å². The topological polar surface area (TPSA) is 90.2 Å². The van der Waals surface area contributed by atoms with E-state index in [0.717, 1.165) is 16.9 Å². The highest BCUT2D eigenvalue weighted by atomic mass is 16.5. The van der Waals surface area contributed by atoms with Gasteiger partial charge in [-0.2, -0.15) is 5.10 Å². The van der Waals surface area contributed by atoms with Crippen LogP contribution < -0.4 is 24.4 Å². The molecular formula is C26H29N5O4. The van der Waals surface area contributed by atoms with Crippen LogP contribution in [0.1, 0.15) is 37.8 Å². The third kappa shape index (κ3) is 3.67. The molecule has 1 fully saturated rings. The van der Waals surface area contributed by atoms with Gasteiger partial charge in [0.1, 0.15) is 17.6 Å². The maximum atomic E-state index is 13.3. The van der Waals surface area contributed by atoms with Crippen molar-refractivity contribution in [1.82, 2.24) is 15.1 Å². The molecule has 0 saturated carbocycles. The highest BCUT2D eigenvalue weighted by Gasteiger charge is 2.48. The number of anilines is 1. The first-order valence-corrected chi connectivity index (χ1v) is 11.4. The molecule has 0 spiro atoms. The van der Waals surface area contributed by atoms with E-state index in [0.29, 0.717) is 28.8 Å². The summed E-state index contributed by atoms with van der Waals surface area (Å²) in [5.74, 6) is 2.98. The van der Waals surface area contributed by atoms with Crippen LogP contribution in [-0.2, 0) is 5.54 Å². The number of amides is 2. The van der Waals surface area contributed by atoms with Gasteiger partial charge in [0.15, 0.2) is 17.3 Å². The third-order valence-corrected chi connectivity index (χ3v) is 6.39. The Labute approximate surface area is 204 Å². The molecule has 182 valence electrons. The van der Waals surface area contributed by atoms with Crippen LogP contribution in [0.3, 0.4) is 0 Å². The Balaban J connectivity index is 1.72. The van der Waals surface area contributed by atoms with Crippen molar-refractivity contribution >= 4 is 23.4 Å². The maximum absolute atomic E-state index is 13.3. The van der Waals surface area contributed by atoms with E-state index in [2.05, 4.69) is 26.1 Å². The largest absolute Gasteiger partial charge is 0.497 e. The number of amidine groups is 1. The lowest BCUT2D eigenvalue weighted by Crippen LogP contribution is -2.42. The number of methoxy groups -OCH3 is 3. The molecule has 35 heavy (non-hydrogen) atoms. The number of urea groups is 1. The maximum Gasteiger partial charge on any atom is 0.328 e. The SMILES string of the molecule is COc1cccc(N2C(=O)NC3=Nc4c(cnn4C(C)(C)C)C(c4ccc(OC)c(OC)c4)C32)c1. The molecule has 1 aromatic heterocycles.